The van der Waals surface area contributed by atoms with Crippen LogP contribution in [0.25, 0.3) is 16.9 Å². The molecule has 1 amide bonds. The maximum Gasteiger partial charge on any atom is 0.435 e. The highest BCUT2D eigenvalue weighted by Gasteiger charge is 2.35. The second-order valence-corrected chi connectivity index (χ2v) is 11.6. The molecule has 45 heavy (non-hydrogen) atoms. The standard InChI is InChI=1S/C28H33F3N6O7S/c1-5-27(39)43-20(3)44-34-37(40)35(4)17-7-6-8-26(38)33-45(41,42)23-15-13-22(14-16-23)36-24(18-25(32-36)28(29,30)31)21-11-9-19(2)10-12-21/h9-16,18,20H,5-8,17H2,1-4H3,(H,33,38). The van der Waals surface area contributed by atoms with Crippen LogP contribution in [-0.2, 0) is 35.4 Å². The maximum absolute atomic E-state index is 13.5. The number of amides is 1. The zero-order valence-corrected chi connectivity index (χ0v) is 25.8. The number of hydrogen-bond acceptors (Lipinski definition) is 9. The van der Waals surface area contributed by atoms with Crippen LogP contribution >= 0.6 is 0 Å². The van der Waals surface area contributed by atoms with Crippen LogP contribution in [0.2, 0.25) is 0 Å². The van der Waals surface area contributed by atoms with Crippen LogP contribution in [0.15, 0.2) is 64.8 Å². The number of alkyl halides is 3. The first-order valence-corrected chi connectivity index (χ1v) is 15.2. The van der Waals surface area contributed by atoms with Crippen LogP contribution in [0.5, 0.6) is 0 Å². The quantitative estimate of drug-likeness (QED) is 0.0639. The summed E-state index contributed by atoms with van der Waals surface area (Å²) >= 11 is 0. The molecule has 17 heteroatoms. The number of esters is 1. The normalized spacial score (nSPS) is 12.8. The molecule has 0 aliphatic rings. The number of halogens is 3. The fourth-order valence-corrected chi connectivity index (χ4v) is 4.86. The highest BCUT2D eigenvalue weighted by Crippen LogP contribution is 2.33. The van der Waals surface area contributed by atoms with Crippen molar-refractivity contribution in [2.24, 2.45) is 5.28 Å². The number of benzene rings is 2. The van der Waals surface area contributed by atoms with Gasteiger partial charge in [0, 0.05) is 25.3 Å². The molecule has 244 valence electrons. The number of rotatable bonds is 14. The molecule has 0 fully saturated rings. The number of aryl methyl sites for hydroxylation is 1. The Kier molecular flexibility index (Phi) is 11.5. The molecule has 0 aliphatic heterocycles. The molecule has 1 unspecified atom stereocenters. The molecule has 0 bridgehead atoms. The minimum absolute atomic E-state index is 0.132. The van der Waals surface area contributed by atoms with Gasteiger partial charge in [-0.2, -0.15) is 18.3 Å². The van der Waals surface area contributed by atoms with E-state index in [-0.39, 0.29) is 47.1 Å². The molecule has 2 aromatic carbocycles. The Morgan fingerprint density at radius 1 is 1.13 bits per heavy atom. The molecule has 0 spiro atoms. The van der Waals surface area contributed by atoms with Crippen molar-refractivity contribution in [3.8, 4) is 16.9 Å². The summed E-state index contributed by atoms with van der Waals surface area (Å²) in [5, 5.41) is 20.0. The predicted molar refractivity (Wildman–Crippen MR) is 154 cm³/mol. The van der Waals surface area contributed by atoms with E-state index in [1.807, 2.05) is 11.6 Å². The molecule has 1 atom stereocenters. The largest absolute Gasteiger partial charge is 0.569 e. The van der Waals surface area contributed by atoms with Gasteiger partial charge in [-0.25, -0.2) is 17.8 Å². The summed E-state index contributed by atoms with van der Waals surface area (Å²) in [6, 6.07) is 12.6. The van der Waals surface area contributed by atoms with Gasteiger partial charge in [-0.1, -0.05) is 36.8 Å². The van der Waals surface area contributed by atoms with Crippen molar-refractivity contribution in [2.75, 3.05) is 13.6 Å². The molecule has 0 aliphatic carbocycles. The van der Waals surface area contributed by atoms with E-state index in [1.165, 1.54) is 26.1 Å². The summed E-state index contributed by atoms with van der Waals surface area (Å²) in [5.74, 6) is -1.31. The molecule has 0 saturated carbocycles. The van der Waals surface area contributed by atoms with Crippen molar-refractivity contribution in [1.29, 1.82) is 0 Å². The number of unbranched alkanes of at least 4 members (excludes halogenated alkanes) is 1. The molecular weight excluding hydrogens is 621 g/mol. The Labute approximate surface area is 257 Å². The van der Waals surface area contributed by atoms with Crippen molar-refractivity contribution in [3.05, 3.63) is 71.1 Å². The van der Waals surface area contributed by atoms with Crippen molar-refractivity contribution in [3.63, 3.8) is 0 Å². The lowest BCUT2D eigenvalue weighted by molar-refractivity contribution is -0.707. The predicted octanol–water partition coefficient (Wildman–Crippen LogP) is 4.88. The first kappa shape index (κ1) is 34.8. The summed E-state index contributed by atoms with van der Waals surface area (Å²) < 4.78 is 73.8. The van der Waals surface area contributed by atoms with E-state index in [9.17, 15) is 36.4 Å². The summed E-state index contributed by atoms with van der Waals surface area (Å²) in [4.78, 5) is 28.2. The molecule has 0 saturated heterocycles. The molecule has 0 radical (unpaired) electrons. The highest BCUT2D eigenvalue weighted by atomic mass is 32.2. The minimum atomic E-state index is -4.70. The first-order valence-electron chi connectivity index (χ1n) is 13.8. The Hall–Kier alpha value is -4.67. The average molecular weight is 655 g/mol. The number of carbonyl (C=O) groups excluding carboxylic acids is 2. The zero-order valence-electron chi connectivity index (χ0n) is 24.9. The average Bonchev–Trinajstić information content (AvgIpc) is 3.44. The van der Waals surface area contributed by atoms with E-state index < -0.39 is 40.1 Å². The summed E-state index contributed by atoms with van der Waals surface area (Å²) in [6.07, 6.45) is -5.25. The molecule has 1 heterocycles. The number of hydrogen-bond donors (Lipinski definition) is 1. The van der Waals surface area contributed by atoms with Gasteiger partial charge in [0.2, 0.25) is 11.2 Å². The third-order valence-electron chi connectivity index (χ3n) is 6.27. The van der Waals surface area contributed by atoms with Crippen molar-refractivity contribution >= 4 is 21.9 Å². The number of carbonyl (C=O) groups is 2. The van der Waals surface area contributed by atoms with E-state index >= 15 is 0 Å². The smallest absolute Gasteiger partial charge is 0.435 e. The van der Waals surface area contributed by atoms with Gasteiger partial charge in [0.15, 0.2) is 5.69 Å². The summed E-state index contributed by atoms with van der Waals surface area (Å²) in [5.41, 5.74) is 0.623. The number of nitrogens with zero attached hydrogens (tertiary/aromatic N) is 5. The maximum atomic E-state index is 13.5. The van der Waals surface area contributed by atoms with Gasteiger partial charge in [-0.15, -0.1) is 5.01 Å². The van der Waals surface area contributed by atoms with E-state index in [0.717, 1.165) is 33.5 Å². The van der Waals surface area contributed by atoms with Gasteiger partial charge >= 0.3 is 12.1 Å². The molecule has 1 N–H and O–H groups in total. The van der Waals surface area contributed by atoms with Gasteiger partial charge < -0.3 is 9.94 Å². The van der Waals surface area contributed by atoms with Crippen LogP contribution in [0.4, 0.5) is 13.2 Å². The fraction of sp³-hybridized carbons (Fsp3) is 0.393. The Balaban J connectivity index is 1.58. The topological polar surface area (TPSA) is 158 Å². The van der Waals surface area contributed by atoms with Crippen LogP contribution in [0, 0.1) is 12.1 Å². The fourth-order valence-electron chi connectivity index (χ4n) is 3.84. The van der Waals surface area contributed by atoms with E-state index in [1.54, 1.807) is 31.2 Å². The number of sulfonamides is 1. The second kappa shape index (κ2) is 14.9. The van der Waals surface area contributed by atoms with E-state index in [4.69, 9.17) is 9.57 Å². The Morgan fingerprint density at radius 3 is 2.38 bits per heavy atom. The second-order valence-electron chi connectivity index (χ2n) is 9.90. The SMILES string of the molecule is CCC(=O)OC(C)ON=[N+]([O-])N(C)CCCCC(=O)NS(=O)(=O)c1ccc(-n2nc(C(F)(F)F)cc2-c2ccc(C)cc2)cc1. The van der Waals surface area contributed by atoms with E-state index in [0.29, 0.717) is 12.0 Å². The third-order valence-corrected chi connectivity index (χ3v) is 7.66. The summed E-state index contributed by atoms with van der Waals surface area (Å²) in [7, 11) is -2.87. The van der Waals surface area contributed by atoms with Crippen LogP contribution in [0.1, 0.15) is 50.8 Å². The van der Waals surface area contributed by atoms with Crippen molar-refractivity contribution in [1.82, 2.24) is 19.5 Å². The van der Waals surface area contributed by atoms with Gasteiger partial charge in [-0.3, -0.25) is 14.4 Å². The lowest BCUT2D eigenvalue weighted by Gasteiger charge is -2.14. The lowest BCUT2D eigenvalue weighted by Crippen LogP contribution is -2.31. The Morgan fingerprint density at radius 2 is 1.78 bits per heavy atom. The summed E-state index contributed by atoms with van der Waals surface area (Å²) in [6.45, 7) is 4.97. The highest BCUT2D eigenvalue weighted by molar-refractivity contribution is 7.90. The van der Waals surface area contributed by atoms with Crippen molar-refractivity contribution < 1.29 is 45.7 Å². The number of ether oxygens (including phenoxy) is 1. The molecule has 1 aromatic heterocycles. The van der Waals surface area contributed by atoms with Gasteiger partial charge in [0.1, 0.15) is 0 Å². The Bertz CT molecular complexity index is 1610. The molecular formula is C28H33F3N6O7S. The van der Waals surface area contributed by atoms with Crippen LogP contribution in [-0.4, -0.2) is 59.9 Å². The van der Waals surface area contributed by atoms with Gasteiger partial charge in [-0.05, 0) is 50.1 Å². The van der Waals surface area contributed by atoms with E-state index in [2.05, 4.69) is 10.4 Å². The number of hydrazine groups is 1. The van der Waals surface area contributed by atoms with Crippen LogP contribution < -0.4 is 4.72 Å². The molecule has 3 rings (SSSR count). The minimum Gasteiger partial charge on any atom is -0.569 e. The van der Waals surface area contributed by atoms with Crippen LogP contribution in [0.3, 0.4) is 0 Å². The zero-order chi connectivity index (χ0) is 33.4. The lowest BCUT2D eigenvalue weighted by atomic mass is 10.1. The number of nitrogens with one attached hydrogen (secondary N) is 1. The molecule has 3 aromatic rings. The molecule has 13 nitrogen and oxygen atoms in total. The third kappa shape index (κ3) is 9.92. The van der Waals surface area contributed by atoms with Gasteiger partial charge in [0.25, 0.3) is 16.3 Å². The first-order chi connectivity index (χ1) is 21.1. The number of aromatic nitrogens is 2. The van der Waals surface area contributed by atoms with Crippen molar-refractivity contribution in [2.45, 2.75) is 63.8 Å². The monoisotopic (exact) mass is 654 g/mol. The van der Waals surface area contributed by atoms with Gasteiger partial charge in [0.05, 0.1) is 34.8 Å².